The summed E-state index contributed by atoms with van der Waals surface area (Å²) in [5.74, 6) is -0.599. The molecule has 1 N–H and O–H groups in total. The Balaban J connectivity index is 3.61. The van der Waals surface area contributed by atoms with Crippen molar-refractivity contribution in [1.82, 2.24) is 0 Å². The first-order valence-corrected chi connectivity index (χ1v) is 3.89. The standard InChI is InChI=1S/C8H14O4/c1-3-12-8(11)5-7(10)4-6(2)9/h7,10H,3-5H2,1-2H3/t7-/m1/s1. The summed E-state index contributed by atoms with van der Waals surface area (Å²) in [6, 6.07) is 0. The zero-order valence-electron chi connectivity index (χ0n) is 7.37. The molecule has 0 aromatic rings. The molecule has 0 unspecified atom stereocenters. The lowest BCUT2D eigenvalue weighted by Gasteiger charge is -2.06. The number of esters is 1. The number of Topliss-reactive ketones (excluding diaryl/α,β-unsaturated/α-hetero) is 1. The Kier molecular flexibility index (Phi) is 5.28. The maximum Gasteiger partial charge on any atom is 0.308 e. The zero-order valence-corrected chi connectivity index (χ0v) is 7.37. The van der Waals surface area contributed by atoms with Gasteiger partial charge < -0.3 is 9.84 Å². The number of hydrogen-bond acceptors (Lipinski definition) is 4. The van der Waals surface area contributed by atoms with E-state index < -0.39 is 12.1 Å². The summed E-state index contributed by atoms with van der Waals surface area (Å²) in [7, 11) is 0. The number of aliphatic hydroxyl groups excluding tert-OH is 1. The smallest absolute Gasteiger partial charge is 0.308 e. The van der Waals surface area contributed by atoms with E-state index in [1.807, 2.05) is 0 Å². The van der Waals surface area contributed by atoms with E-state index in [0.717, 1.165) is 0 Å². The summed E-state index contributed by atoms with van der Waals surface area (Å²) < 4.78 is 4.58. The van der Waals surface area contributed by atoms with Gasteiger partial charge in [-0.1, -0.05) is 0 Å². The molecule has 0 aliphatic rings. The van der Waals surface area contributed by atoms with Crippen molar-refractivity contribution in [2.24, 2.45) is 0 Å². The molecule has 0 bridgehead atoms. The van der Waals surface area contributed by atoms with E-state index in [-0.39, 0.29) is 18.6 Å². The first-order chi connectivity index (χ1) is 5.56. The molecule has 0 aliphatic carbocycles. The highest BCUT2D eigenvalue weighted by Gasteiger charge is 2.12. The van der Waals surface area contributed by atoms with Crippen molar-refractivity contribution >= 4 is 11.8 Å². The number of carbonyl (C=O) groups excluding carboxylic acids is 2. The van der Waals surface area contributed by atoms with Crippen LogP contribution in [0.15, 0.2) is 0 Å². The van der Waals surface area contributed by atoms with Crippen LogP contribution in [0.4, 0.5) is 0 Å². The molecule has 12 heavy (non-hydrogen) atoms. The van der Waals surface area contributed by atoms with Gasteiger partial charge in [-0.25, -0.2) is 0 Å². The first-order valence-electron chi connectivity index (χ1n) is 3.89. The summed E-state index contributed by atoms with van der Waals surface area (Å²) in [5.41, 5.74) is 0. The molecule has 0 saturated heterocycles. The van der Waals surface area contributed by atoms with Crippen molar-refractivity contribution in [2.45, 2.75) is 32.8 Å². The van der Waals surface area contributed by atoms with Gasteiger partial charge in [0, 0.05) is 6.42 Å². The van der Waals surface area contributed by atoms with Gasteiger partial charge >= 0.3 is 5.97 Å². The molecule has 0 fully saturated rings. The third-order valence-corrected chi connectivity index (χ3v) is 1.23. The van der Waals surface area contributed by atoms with Crippen molar-refractivity contribution in [3.05, 3.63) is 0 Å². The highest BCUT2D eigenvalue weighted by Crippen LogP contribution is 2.00. The number of ether oxygens (including phenoxy) is 1. The third kappa shape index (κ3) is 5.85. The summed E-state index contributed by atoms with van der Waals surface area (Å²) >= 11 is 0. The van der Waals surface area contributed by atoms with Crippen LogP contribution in [0, 0.1) is 0 Å². The van der Waals surface area contributed by atoms with Crippen molar-refractivity contribution in [3.8, 4) is 0 Å². The fraction of sp³-hybridized carbons (Fsp3) is 0.750. The summed E-state index contributed by atoms with van der Waals surface area (Å²) in [4.78, 5) is 21.2. The monoisotopic (exact) mass is 174 g/mol. The van der Waals surface area contributed by atoms with Gasteiger partial charge in [0.1, 0.15) is 5.78 Å². The van der Waals surface area contributed by atoms with E-state index in [0.29, 0.717) is 6.61 Å². The topological polar surface area (TPSA) is 63.6 Å². The van der Waals surface area contributed by atoms with Gasteiger partial charge in [0.15, 0.2) is 0 Å². The first kappa shape index (κ1) is 11.1. The second kappa shape index (κ2) is 5.71. The van der Waals surface area contributed by atoms with E-state index >= 15 is 0 Å². The lowest BCUT2D eigenvalue weighted by molar-refractivity contribution is -0.145. The number of carbonyl (C=O) groups is 2. The molecule has 0 aromatic heterocycles. The van der Waals surface area contributed by atoms with E-state index in [1.165, 1.54) is 6.92 Å². The number of aliphatic hydroxyl groups is 1. The lowest BCUT2D eigenvalue weighted by atomic mass is 10.1. The van der Waals surface area contributed by atoms with Gasteiger partial charge in [-0.3, -0.25) is 9.59 Å². The van der Waals surface area contributed by atoms with Gasteiger partial charge in [-0.05, 0) is 13.8 Å². The molecule has 1 atom stereocenters. The fourth-order valence-electron chi connectivity index (χ4n) is 0.816. The number of ketones is 1. The SMILES string of the molecule is CCOC(=O)C[C@H](O)CC(C)=O. The highest BCUT2D eigenvalue weighted by molar-refractivity contribution is 5.77. The van der Waals surface area contributed by atoms with Crippen molar-refractivity contribution in [1.29, 1.82) is 0 Å². The van der Waals surface area contributed by atoms with Crippen molar-refractivity contribution < 1.29 is 19.4 Å². The maximum absolute atomic E-state index is 10.7. The Labute approximate surface area is 71.5 Å². The van der Waals surface area contributed by atoms with Crippen LogP contribution in [0.25, 0.3) is 0 Å². The predicted octanol–water partition coefficient (Wildman–Crippen LogP) is 0.280. The molecular weight excluding hydrogens is 160 g/mol. The van der Waals surface area contributed by atoms with Gasteiger partial charge in [0.25, 0.3) is 0 Å². The molecular formula is C8H14O4. The average molecular weight is 174 g/mol. The van der Waals surface area contributed by atoms with Crippen LogP contribution in [0.3, 0.4) is 0 Å². The predicted molar refractivity (Wildman–Crippen MR) is 42.6 cm³/mol. The average Bonchev–Trinajstić information content (AvgIpc) is 1.84. The van der Waals surface area contributed by atoms with Crippen LogP contribution in [-0.4, -0.2) is 29.6 Å². The largest absolute Gasteiger partial charge is 0.466 e. The van der Waals surface area contributed by atoms with E-state index in [9.17, 15) is 9.59 Å². The summed E-state index contributed by atoms with van der Waals surface area (Å²) in [5, 5.41) is 9.09. The minimum Gasteiger partial charge on any atom is -0.466 e. The maximum atomic E-state index is 10.7. The van der Waals surface area contributed by atoms with E-state index in [2.05, 4.69) is 4.74 Å². The van der Waals surface area contributed by atoms with Crippen molar-refractivity contribution in [2.75, 3.05) is 6.61 Å². The number of rotatable bonds is 5. The molecule has 70 valence electrons. The minimum atomic E-state index is -0.901. The second-order valence-electron chi connectivity index (χ2n) is 2.57. The molecule has 0 spiro atoms. The molecule has 4 heteroatoms. The van der Waals surface area contributed by atoms with Gasteiger partial charge in [0.2, 0.25) is 0 Å². The molecule has 0 amide bonds. The Hall–Kier alpha value is -0.900. The molecule has 0 saturated carbocycles. The lowest BCUT2D eigenvalue weighted by Crippen LogP contribution is -2.18. The Morgan fingerprint density at radius 2 is 2.00 bits per heavy atom. The van der Waals surface area contributed by atoms with Gasteiger partial charge in [0.05, 0.1) is 19.1 Å². The molecule has 0 radical (unpaired) electrons. The zero-order chi connectivity index (χ0) is 9.56. The van der Waals surface area contributed by atoms with Crippen LogP contribution >= 0.6 is 0 Å². The Morgan fingerprint density at radius 1 is 1.42 bits per heavy atom. The van der Waals surface area contributed by atoms with Crippen LogP contribution < -0.4 is 0 Å². The Morgan fingerprint density at radius 3 is 2.42 bits per heavy atom. The van der Waals surface area contributed by atoms with Crippen LogP contribution in [0.2, 0.25) is 0 Å². The highest BCUT2D eigenvalue weighted by atomic mass is 16.5. The quantitative estimate of drug-likeness (QED) is 0.608. The molecule has 0 aliphatic heterocycles. The van der Waals surface area contributed by atoms with E-state index in [1.54, 1.807) is 6.92 Å². The van der Waals surface area contributed by atoms with Gasteiger partial charge in [-0.2, -0.15) is 0 Å². The van der Waals surface area contributed by atoms with Crippen LogP contribution in [-0.2, 0) is 14.3 Å². The molecule has 0 heterocycles. The van der Waals surface area contributed by atoms with Crippen LogP contribution in [0.5, 0.6) is 0 Å². The third-order valence-electron chi connectivity index (χ3n) is 1.23. The van der Waals surface area contributed by atoms with Crippen LogP contribution in [0.1, 0.15) is 26.7 Å². The Bertz CT molecular complexity index is 164. The summed E-state index contributed by atoms with van der Waals surface area (Å²) in [6.45, 7) is 3.36. The summed E-state index contributed by atoms with van der Waals surface area (Å²) in [6.07, 6.45) is -0.992. The molecule has 4 nitrogen and oxygen atoms in total. The second-order valence-corrected chi connectivity index (χ2v) is 2.57. The van der Waals surface area contributed by atoms with Gasteiger partial charge in [-0.15, -0.1) is 0 Å². The normalized spacial score (nSPS) is 12.2. The number of hydrogen-bond donors (Lipinski definition) is 1. The molecule has 0 aromatic carbocycles. The minimum absolute atomic E-state index is 0.0127. The fourth-order valence-corrected chi connectivity index (χ4v) is 0.816. The van der Waals surface area contributed by atoms with E-state index in [4.69, 9.17) is 5.11 Å². The molecule has 0 rings (SSSR count). The van der Waals surface area contributed by atoms with Crippen molar-refractivity contribution in [3.63, 3.8) is 0 Å².